The van der Waals surface area contributed by atoms with Crippen LogP contribution in [0, 0.1) is 0 Å². The van der Waals surface area contributed by atoms with E-state index in [-0.39, 0.29) is 23.4 Å². The molecule has 2 atom stereocenters. The van der Waals surface area contributed by atoms with Crippen molar-refractivity contribution in [3.63, 3.8) is 0 Å². The molecule has 170 valence electrons. The maximum Gasteiger partial charge on any atom is 0.333 e. The summed E-state index contributed by atoms with van der Waals surface area (Å²) in [5, 5.41) is 28.7. The molecule has 0 saturated carbocycles. The van der Waals surface area contributed by atoms with E-state index in [1.807, 2.05) is 0 Å². The van der Waals surface area contributed by atoms with E-state index in [2.05, 4.69) is 24.5 Å². The Morgan fingerprint density at radius 1 is 1.31 bits per heavy atom. The predicted octanol–water partition coefficient (Wildman–Crippen LogP) is -0.0795. The second-order valence-electron chi connectivity index (χ2n) is 6.98. The zero-order valence-corrected chi connectivity index (χ0v) is 17.7. The molecule has 1 fully saturated rings. The van der Waals surface area contributed by atoms with Crippen LogP contribution in [0.2, 0.25) is 5.02 Å². The quantitative estimate of drug-likeness (QED) is 0.344. The van der Waals surface area contributed by atoms with E-state index in [9.17, 15) is 23.4 Å². The van der Waals surface area contributed by atoms with Crippen LogP contribution >= 0.6 is 11.6 Å². The number of fused-ring (bicyclic) bond motifs is 1. The number of carbonyl (C=O) groups excluding carboxylic acids is 1. The molecular weight excluding hydrogens is 468 g/mol. The standard InChI is InChI=1S/C17H17ClN6O7S/c18-10-3-1-9(2-4-10)15(25)23-13-12-14(21-7-20-13)24(8-22-12)16-17(26,27)5-11(31-16)6-30-32(19,28)29/h1-4,7-8,11,16,26-27H,5-6H2,(H2,19,28,29)(H,20,21,23,25). The van der Waals surface area contributed by atoms with Crippen molar-refractivity contribution in [1.29, 1.82) is 0 Å². The van der Waals surface area contributed by atoms with Gasteiger partial charge < -0.3 is 20.3 Å². The number of hydrogen-bond donors (Lipinski definition) is 4. The Bertz CT molecular complexity index is 1260. The van der Waals surface area contributed by atoms with E-state index in [4.69, 9.17) is 21.5 Å². The first-order valence-electron chi connectivity index (χ1n) is 9.05. The van der Waals surface area contributed by atoms with Gasteiger partial charge in [-0.05, 0) is 24.3 Å². The number of imidazole rings is 1. The third-order valence-corrected chi connectivity index (χ3v) is 5.33. The molecule has 0 radical (unpaired) electrons. The van der Waals surface area contributed by atoms with Gasteiger partial charge in [-0.15, -0.1) is 0 Å². The minimum Gasteiger partial charge on any atom is -0.362 e. The van der Waals surface area contributed by atoms with Crippen molar-refractivity contribution in [3.8, 4) is 0 Å². The van der Waals surface area contributed by atoms with Crippen LogP contribution in [0.3, 0.4) is 0 Å². The molecule has 0 spiro atoms. The van der Waals surface area contributed by atoms with E-state index in [1.54, 1.807) is 12.1 Å². The number of benzene rings is 1. The number of amides is 1. The fraction of sp³-hybridized carbons (Fsp3) is 0.294. The molecule has 4 rings (SSSR count). The lowest BCUT2D eigenvalue weighted by molar-refractivity contribution is -0.217. The maximum absolute atomic E-state index is 12.5. The van der Waals surface area contributed by atoms with Crippen molar-refractivity contribution in [2.24, 2.45) is 5.14 Å². The summed E-state index contributed by atoms with van der Waals surface area (Å²) in [7, 11) is -4.23. The van der Waals surface area contributed by atoms with Crippen molar-refractivity contribution in [1.82, 2.24) is 19.5 Å². The molecule has 2 aromatic heterocycles. The average Bonchev–Trinajstić information content (AvgIpc) is 3.27. The van der Waals surface area contributed by atoms with Crippen molar-refractivity contribution in [2.45, 2.75) is 24.5 Å². The van der Waals surface area contributed by atoms with Gasteiger partial charge in [-0.3, -0.25) is 13.5 Å². The summed E-state index contributed by atoms with van der Waals surface area (Å²) in [6.45, 7) is -0.512. The van der Waals surface area contributed by atoms with Crippen molar-refractivity contribution >= 4 is 44.8 Å². The first-order chi connectivity index (χ1) is 15.0. The molecule has 3 aromatic rings. The van der Waals surface area contributed by atoms with Gasteiger partial charge in [0.05, 0.1) is 19.0 Å². The monoisotopic (exact) mass is 484 g/mol. The van der Waals surface area contributed by atoms with Gasteiger partial charge >= 0.3 is 10.3 Å². The van der Waals surface area contributed by atoms with Crippen molar-refractivity contribution in [3.05, 3.63) is 47.5 Å². The molecule has 3 heterocycles. The van der Waals surface area contributed by atoms with E-state index in [0.717, 1.165) is 6.33 Å². The number of anilines is 1. The molecule has 1 saturated heterocycles. The molecule has 1 amide bonds. The van der Waals surface area contributed by atoms with Gasteiger partial charge in [-0.25, -0.2) is 20.1 Å². The highest BCUT2D eigenvalue weighted by Crippen LogP contribution is 2.38. The van der Waals surface area contributed by atoms with E-state index >= 15 is 0 Å². The number of nitrogens with zero attached hydrogens (tertiary/aromatic N) is 4. The maximum atomic E-state index is 12.5. The van der Waals surface area contributed by atoms with Crippen LogP contribution < -0.4 is 10.5 Å². The Kier molecular flexibility index (Phi) is 5.85. The number of nitrogens with two attached hydrogens (primary N) is 1. The Morgan fingerprint density at radius 3 is 2.72 bits per heavy atom. The fourth-order valence-electron chi connectivity index (χ4n) is 3.23. The summed E-state index contributed by atoms with van der Waals surface area (Å²) in [4.78, 5) is 24.8. The number of rotatable bonds is 6. The third kappa shape index (κ3) is 4.71. The Balaban J connectivity index is 1.58. The number of halogens is 1. The highest BCUT2D eigenvalue weighted by atomic mass is 35.5. The highest BCUT2D eigenvalue weighted by Gasteiger charge is 2.48. The van der Waals surface area contributed by atoms with Gasteiger partial charge in [0, 0.05) is 17.0 Å². The molecule has 1 aliphatic heterocycles. The SMILES string of the molecule is NS(=O)(=O)OCC1CC(O)(O)C(n2cnc3c(NC(=O)c4ccc(Cl)cc4)ncnc32)O1. The van der Waals surface area contributed by atoms with Gasteiger partial charge in [0.15, 0.2) is 23.2 Å². The highest BCUT2D eigenvalue weighted by molar-refractivity contribution is 7.84. The normalized spacial score (nSPS) is 20.5. The van der Waals surface area contributed by atoms with Crippen LogP contribution in [0.5, 0.6) is 0 Å². The van der Waals surface area contributed by atoms with Gasteiger partial charge in [0.2, 0.25) is 5.79 Å². The Labute approximate surface area is 186 Å². The lowest BCUT2D eigenvalue weighted by Gasteiger charge is -2.23. The minimum absolute atomic E-state index is 0.0854. The zero-order valence-electron chi connectivity index (χ0n) is 16.1. The topological polar surface area (TPSA) is 192 Å². The summed E-state index contributed by atoms with van der Waals surface area (Å²) in [6, 6.07) is 6.21. The van der Waals surface area contributed by atoms with Crippen LogP contribution in [0.4, 0.5) is 5.82 Å². The van der Waals surface area contributed by atoms with E-state index in [0.29, 0.717) is 10.6 Å². The van der Waals surface area contributed by atoms with Crippen molar-refractivity contribution in [2.75, 3.05) is 11.9 Å². The lowest BCUT2D eigenvalue weighted by Crippen LogP contribution is -2.35. The van der Waals surface area contributed by atoms with Crippen LogP contribution in [-0.2, 0) is 19.2 Å². The van der Waals surface area contributed by atoms with Crippen molar-refractivity contribution < 1.29 is 32.3 Å². The predicted molar refractivity (Wildman–Crippen MR) is 109 cm³/mol. The van der Waals surface area contributed by atoms with Gasteiger partial charge in [-0.1, -0.05) is 11.6 Å². The molecule has 32 heavy (non-hydrogen) atoms. The molecule has 0 aliphatic carbocycles. The minimum atomic E-state index is -4.23. The Morgan fingerprint density at radius 2 is 2.03 bits per heavy atom. The lowest BCUT2D eigenvalue weighted by atomic mass is 10.1. The summed E-state index contributed by atoms with van der Waals surface area (Å²) in [5.74, 6) is -2.77. The third-order valence-electron chi connectivity index (χ3n) is 4.61. The first-order valence-corrected chi connectivity index (χ1v) is 10.9. The van der Waals surface area contributed by atoms with Gasteiger partial charge in [0.25, 0.3) is 5.91 Å². The smallest absolute Gasteiger partial charge is 0.333 e. The summed E-state index contributed by atoms with van der Waals surface area (Å²) >= 11 is 5.83. The molecule has 5 N–H and O–H groups in total. The zero-order chi connectivity index (χ0) is 23.1. The van der Waals surface area contributed by atoms with Crippen LogP contribution in [0.15, 0.2) is 36.9 Å². The van der Waals surface area contributed by atoms with E-state index in [1.165, 1.54) is 23.0 Å². The number of hydrogen-bond acceptors (Lipinski definition) is 10. The summed E-state index contributed by atoms with van der Waals surface area (Å²) < 4.78 is 33.2. The molecular formula is C17H17ClN6O7S. The molecule has 0 bridgehead atoms. The second kappa shape index (κ2) is 8.32. The van der Waals surface area contributed by atoms with Gasteiger partial charge in [-0.2, -0.15) is 8.42 Å². The number of aliphatic hydroxyl groups is 2. The number of nitrogens with one attached hydrogen (secondary N) is 1. The molecule has 1 aromatic carbocycles. The largest absolute Gasteiger partial charge is 0.362 e. The summed E-state index contributed by atoms with van der Waals surface area (Å²) in [6.07, 6.45) is -0.359. The van der Waals surface area contributed by atoms with Crippen LogP contribution in [0.1, 0.15) is 23.0 Å². The number of carbonyl (C=O) groups is 1. The van der Waals surface area contributed by atoms with Gasteiger partial charge in [0.1, 0.15) is 6.33 Å². The molecule has 15 heteroatoms. The number of ether oxygens (including phenoxy) is 1. The average molecular weight is 485 g/mol. The van der Waals surface area contributed by atoms with E-state index < -0.39 is 40.9 Å². The van der Waals surface area contributed by atoms with Crippen LogP contribution in [0.25, 0.3) is 11.2 Å². The Hall–Kier alpha value is -2.72. The van der Waals surface area contributed by atoms with Crippen LogP contribution in [-0.4, -0.2) is 62.6 Å². The second-order valence-corrected chi connectivity index (χ2v) is 8.64. The molecule has 13 nitrogen and oxygen atoms in total. The molecule has 1 aliphatic rings. The first kappa shape index (κ1) is 22.5. The summed E-state index contributed by atoms with van der Waals surface area (Å²) in [5.41, 5.74) is 0.637. The molecule has 2 unspecified atom stereocenters. The fourth-order valence-corrected chi connectivity index (χ4v) is 3.70. The number of aromatic nitrogens is 4.